The van der Waals surface area contributed by atoms with Gasteiger partial charge in [-0.2, -0.15) is 9.40 Å². The summed E-state index contributed by atoms with van der Waals surface area (Å²) < 4.78 is 30.8. The van der Waals surface area contributed by atoms with Gasteiger partial charge in [0.1, 0.15) is 5.52 Å². The van der Waals surface area contributed by atoms with Crippen molar-refractivity contribution in [3.63, 3.8) is 0 Å². The lowest BCUT2D eigenvalue weighted by molar-refractivity contribution is 0.382. The number of rotatable bonds is 3. The smallest absolute Gasteiger partial charge is 0.262 e. The molecule has 0 saturated carbocycles. The fourth-order valence-corrected chi connectivity index (χ4v) is 5.75. The molecular formula is C19H25N7O2S. The molecule has 0 spiro atoms. The molecule has 3 aromatic rings. The first kappa shape index (κ1) is 18.6. The molecule has 0 bridgehead atoms. The number of nitrogens with zero attached hydrogens (tertiary/aromatic N) is 7. The molecule has 1 saturated heterocycles. The summed E-state index contributed by atoms with van der Waals surface area (Å²) in [5.74, 6) is 1.55. The van der Waals surface area contributed by atoms with E-state index in [4.69, 9.17) is 5.10 Å². The summed E-state index contributed by atoms with van der Waals surface area (Å²) in [4.78, 5) is 10.9. The Labute approximate surface area is 170 Å². The van der Waals surface area contributed by atoms with Gasteiger partial charge in [0.25, 0.3) is 10.0 Å². The molecule has 0 amide bonds. The van der Waals surface area contributed by atoms with Crippen LogP contribution in [0.3, 0.4) is 0 Å². The van der Waals surface area contributed by atoms with Gasteiger partial charge in [0.2, 0.25) is 0 Å². The number of aromatic nitrogens is 5. The molecule has 29 heavy (non-hydrogen) atoms. The Balaban J connectivity index is 1.41. The number of fused-ring (bicyclic) bond motifs is 3. The number of anilines is 1. The van der Waals surface area contributed by atoms with E-state index in [-0.39, 0.29) is 5.03 Å². The van der Waals surface area contributed by atoms with Crippen molar-refractivity contribution in [3.8, 4) is 0 Å². The van der Waals surface area contributed by atoms with Crippen LogP contribution in [0.15, 0.2) is 29.9 Å². The van der Waals surface area contributed by atoms with E-state index in [9.17, 15) is 8.42 Å². The fraction of sp³-hybridized carbons (Fsp3) is 0.526. The van der Waals surface area contributed by atoms with Gasteiger partial charge in [-0.3, -0.25) is 0 Å². The third-order valence-corrected chi connectivity index (χ3v) is 7.74. The minimum absolute atomic E-state index is 0.104. The van der Waals surface area contributed by atoms with Crippen molar-refractivity contribution in [2.24, 2.45) is 13.0 Å². The first-order valence-corrected chi connectivity index (χ1v) is 11.5. The van der Waals surface area contributed by atoms with E-state index in [1.54, 1.807) is 24.0 Å². The highest BCUT2D eigenvalue weighted by atomic mass is 32.2. The van der Waals surface area contributed by atoms with Crippen molar-refractivity contribution in [2.75, 3.05) is 31.1 Å². The molecule has 154 valence electrons. The lowest BCUT2D eigenvalue weighted by atomic mass is 9.88. The number of sulfonamides is 1. The maximum absolute atomic E-state index is 12.8. The van der Waals surface area contributed by atoms with Gasteiger partial charge in [-0.1, -0.05) is 6.92 Å². The highest BCUT2D eigenvalue weighted by Gasteiger charge is 2.32. The number of piperazine rings is 1. The standard InChI is InChI=1S/C19H25N7O2S/c1-14-3-4-16-15(11-14)18-19(20-5-6-26(18)22-16)24-7-9-25(10-8-24)29(27,28)17-12-23(2)13-21-17/h5-6,12-14H,3-4,7-11H2,1-2H3. The summed E-state index contributed by atoms with van der Waals surface area (Å²) >= 11 is 0. The number of aryl methyl sites for hydroxylation is 2. The summed E-state index contributed by atoms with van der Waals surface area (Å²) in [6, 6.07) is 0. The highest BCUT2D eigenvalue weighted by Crippen LogP contribution is 2.32. The van der Waals surface area contributed by atoms with Crippen molar-refractivity contribution in [1.82, 2.24) is 28.5 Å². The monoisotopic (exact) mass is 415 g/mol. The van der Waals surface area contributed by atoms with Gasteiger partial charge >= 0.3 is 0 Å². The van der Waals surface area contributed by atoms with Crippen molar-refractivity contribution in [3.05, 3.63) is 36.2 Å². The molecule has 1 unspecified atom stereocenters. The van der Waals surface area contributed by atoms with E-state index in [1.165, 1.54) is 28.3 Å². The summed E-state index contributed by atoms with van der Waals surface area (Å²) in [6.07, 6.45) is 9.94. The van der Waals surface area contributed by atoms with Gasteiger partial charge in [-0.15, -0.1) is 0 Å². The number of hydrogen-bond donors (Lipinski definition) is 0. The zero-order valence-corrected chi connectivity index (χ0v) is 17.5. The predicted octanol–water partition coefficient (Wildman–Crippen LogP) is 1.10. The Morgan fingerprint density at radius 1 is 1.14 bits per heavy atom. The molecule has 0 radical (unpaired) electrons. The molecule has 1 aliphatic heterocycles. The van der Waals surface area contributed by atoms with Crippen molar-refractivity contribution < 1.29 is 8.42 Å². The Morgan fingerprint density at radius 3 is 2.66 bits per heavy atom. The topological polar surface area (TPSA) is 88.6 Å². The maximum atomic E-state index is 12.8. The molecule has 10 heteroatoms. The molecule has 4 heterocycles. The van der Waals surface area contributed by atoms with Crippen LogP contribution in [0.25, 0.3) is 5.52 Å². The Morgan fingerprint density at radius 2 is 1.93 bits per heavy atom. The van der Waals surface area contributed by atoms with Crippen LogP contribution in [-0.2, 0) is 29.9 Å². The van der Waals surface area contributed by atoms with E-state index < -0.39 is 10.0 Å². The van der Waals surface area contributed by atoms with Crippen LogP contribution < -0.4 is 4.90 Å². The SMILES string of the molecule is CC1CCc2nn3ccnc(N4CCN(S(=O)(=O)c5cn(C)cn5)CC4)c3c2C1. The second-order valence-corrected chi connectivity index (χ2v) is 9.97. The van der Waals surface area contributed by atoms with Crippen molar-refractivity contribution >= 4 is 21.4 Å². The molecule has 9 nitrogen and oxygen atoms in total. The summed E-state index contributed by atoms with van der Waals surface area (Å²) in [5.41, 5.74) is 3.55. The third kappa shape index (κ3) is 3.10. The van der Waals surface area contributed by atoms with Gasteiger partial charge < -0.3 is 9.47 Å². The van der Waals surface area contributed by atoms with E-state index in [1.807, 2.05) is 10.7 Å². The minimum Gasteiger partial charge on any atom is -0.352 e. The van der Waals surface area contributed by atoms with Crippen LogP contribution in [-0.4, -0.2) is 63.1 Å². The lowest BCUT2D eigenvalue weighted by Gasteiger charge is -2.34. The third-order valence-electron chi connectivity index (χ3n) is 5.96. The molecule has 3 aromatic heterocycles. The van der Waals surface area contributed by atoms with Crippen LogP contribution in [0.2, 0.25) is 0 Å². The zero-order valence-electron chi connectivity index (χ0n) is 16.7. The van der Waals surface area contributed by atoms with Crippen molar-refractivity contribution in [1.29, 1.82) is 0 Å². The van der Waals surface area contributed by atoms with Crippen LogP contribution in [0.1, 0.15) is 24.6 Å². The van der Waals surface area contributed by atoms with Crippen LogP contribution >= 0.6 is 0 Å². The number of imidazole rings is 1. The van der Waals surface area contributed by atoms with Crippen LogP contribution in [0.5, 0.6) is 0 Å². The van der Waals surface area contributed by atoms with Gasteiger partial charge in [0.05, 0.1) is 12.0 Å². The zero-order chi connectivity index (χ0) is 20.2. The predicted molar refractivity (Wildman–Crippen MR) is 108 cm³/mol. The average molecular weight is 416 g/mol. The van der Waals surface area contributed by atoms with Crippen LogP contribution in [0.4, 0.5) is 5.82 Å². The van der Waals surface area contributed by atoms with Gasteiger partial charge in [0.15, 0.2) is 10.8 Å². The second kappa shape index (κ2) is 6.81. The lowest BCUT2D eigenvalue weighted by Crippen LogP contribution is -2.49. The molecule has 5 rings (SSSR count). The summed E-state index contributed by atoms with van der Waals surface area (Å²) in [5, 5.41) is 4.88. The highest BCUT2D eigenvalue weighted by molar-refractivity contribution is 7.89. The maximum Gasteiger partial charge on any atom is 0.262 e. The van der Waals surface area contributed by atoms with E-state index >= 15 is 0 Å². The van der Waals surface area contributed by atoms with E-state index in [2.05, 4.69) is 21.8 Å². The quantitative estimate of drug-likeness (QED) is 0.637. The molecule has 2 aliphatic rings. The second-order valence-electron chi connectivity index (χ2n) is 8.09. The molecule has 0 aromatic carbocycles. The first-order chi connectivity index (χ1) is 13.9. The van der Waals surface area contributed by atoms with Crippen LogP contribution in [0, 0.1) is 5.92 Å². The van der Waals surface area contributed by atoms with E-state index in [0.29, 0.717) is 32.1 Å². The summed E-state index contributed by atoms with van der Waals surface area (Å²) in [6.45, 7) is 4.29. The molecule has 1 fully saturated rings. The molecule has 0 N–H and O–H groups in total. The minimum atomic E-state index is -3.56. The van der Waals surface area contributed by atoms with E-state index in [0.717, 1.165) is 24.2 Å². The van der Waals surface area contributed by atoms with Gasteiger partial charge in [-0.25, -0.2) is 22.9 Å². The normalized spacial score (nSPS) is 20.9. The Bertz CT molecular complexity index is 1160. The molecular weight excluding hydrogens is 390 g/mol. The fourth-order valence-electron chi connectivity index (χ4n) is 4.36. The largest absolute Gasteiger partial charge is 0.352 e. The van der Waals surface area contributed by atoms with Gasteiger partial charge in [-0.05, 0) is 25.2 Å². The Kier molecular flexibility index (Phi) is 4.36. The molecule has 1 aliphatic carbocycles. The average Bonchev–Trinajstić information content (AvgIpc) is 3.31. The van der Waals surface area contributed by atoms with Crippen molar-refractivity contribution in [2.45, 2.75) is 31.2 Å². The summed E-state index contributed by atoms with van der Waals surface area (Å²) in [7, 11) is -1.80. The Hall–Kier alpha value is -2.46. The molecule has 1 atom stereocenters. The van der Waals surface area contributed by atoms with Gasteiger partial charge in [0, 0.05) is 57.4 Å². The first-order valence-electron chi connectivity index (χ1n) is 10.0. The number of hydrogen-bond acceptors (Lipinski definition) is 6.